The Morgan fingerprint density at radius 1 is 1.48 bits per heavy atom. The fraction of sp³-hybridized carbons (Fsp3) is 0.133. The van der Waals surface area contributed by atoms with Gasteiger partial charge in [-0.05, 0) is 25.1 Å². The van der Waals surface area contributed by atoms with Crippen LogP contribution in [-0.4, -0.2) is 18.4 Å². The average molecular weight is 353 g/mol. The largest absolute Gasteiger partial charge is 0.453 e. The first-order chi connectivity index (χ1) is 10.8. The summed E-state index contributed by atoms with van der Waals surface area (Å²) in [5.74, 6) is -1.98. The molecule has 0 fully saturated rings. The maximum absolute atomic E-state index is 13.2. The summed E-state index contributed by atoms with van der Waals surface area (Å²) in [6, 6.07) is 5.59. The molecular formula is C15H10ClFN2O3S. The number of benzene rings is 1. The van der Waals surface area contributed by atoms with Gasteiger partial charge in [-0.25, -0.2) is 9.18 Å². The number of ketones is 1. The van der Waals surface area contributed by atoms with Crippen LogP contribution >= 0.6 is 22.9 Å². The summed E-state index contributed by atoms with van der Waals surface area (Å²) in [7, 11) is 0. The molecular weight excluding hydrogens is 343 g/mol. The van der Waals surface area contributed by atoms with Crippen LogP contribution in [0, 0.1) is 17.1 Å². The minimum atomic E-state index is -0.822. The number of nitrogens with two attached hydrogens (primary N) is 1. The highest BCUT2D eigenvalue weighted by Crippen LogP contribution is 2.36. The molecule has 0 aliphatic rings. The predicted octanol–water partition coefficient (Wildman–Crippen LogP) is 3.18. The van der Waals surface area contributed by atoms with Crippen molar-refractivity contribution >= 4 is 44.8 Å². The van der Waals surface area contributed by atoms with Gasteiger partial charge in [-0.2, -0.15) is 5.26 Å². The summed E-state index contributed by atoms with van der Waals surface area (Å²) in [4.78, 5) is 23.8. The van der Waals surface area contributed by atoms with Crippen LogP contribution < -0.4 is 5.73 Å². The van der Waals surface area contributed by atoms with Gasteiger partial charge in [-0.3, -0.25) is 4.79 Å². The number of nitriles is 1. The molecule has 0 spiro atoms. The van der Waals surface area contributed by atoms with Gasteiger partial charge in [0.1, 0.15) is 22.3 Å². The Labute approximate surface area is 139 Å². The molecule has 0 saturated heterocycles. The molecule has 0 bridgehead atoms. The molecule has 0 radical (unpaired) electrons. The molecule has 0 amide bonds. The highest BCUT2D eigenvalue weighted by Gasteiger charge is 2.21. The van der Waals surface area contributed by atoms with Crippen LogP contribution in [0.4, 0.5) is 4.39 Å². The van der Waals surface area contributed by atoms with Gasteiger partial charge in [0, 0.05) is 15.8 Å². The number of Topliss-reactive ketones (excluding diaryl/α,β-unsaturated/α-hetero) is 1. The lowest BCUT2D eigenvalue weighted by atomic mass is 10.1. The summed E-state index contributed by atoms with van der Waals surface area (Å²) < 4.78 is 18.5. The van der Waals surface area contributed by atoms with Crippen molar-refractivity contribution in [3.05, 3.63) is 45.2 Å². The summed E-state index contributed by atoms with van der Waals surface area (Å²) in [6.07, 6.45) is 0. The SMILES string of the molecule is C/C(N)=C(\C#N)C(=O)COC(=O)c1sc2cc(F)ccc2c1Cl. The molecule has 1 aromatic heterocycles. The van der Waals surface area contributed by atoms with Gasteiger partial charge in [-0.15, -0.1) is 11.3 Å². The fourth-order valence-corrected chi connectivity index (χ4v) is 3.24. The number of hydrogen-bond acceptors (Lipinski definition) is 6. The van der Waals surface area contributed by atoms with Crippen LogP contribution in [0.2, 0.25) is 5.02 Å². The molecule has 8 heteroatoms. The number of esters is 1. The zero-order chi connectivity index (χ0) is 17.1. The van der Waals surface area contributed by atoms with E-state index in [0.717, 1.165) is 11.3 Å². The van der Waals surface area contributed by atoms with Crippen LogP contribution in [0.15, 0.2) is 29.5 Å². The number of fused-ring (bicyclic) bond motifs is 1. The van der Waals surface area contributed by atoms with Crippen molar-refractivity contribution in [2.24, 2.45) is 5.73 Å². The molecule has 0 aliphatic carbocycles. The van der Waals surface area contributed by atoms with Crippen molar-refractivity contribution < 1.29 is 18.7 Å². The van der Waals surface area contributed by atoms with E-state index >= 15 is 0 Å². The standard InChI is InChI=1S/C15H10ClFN2O3S/c1-7(19)10(5-18)11(20)6-22-15(21)14-13(16)9-3-2-8(17)4-12(9)23-14/h2-4H,6,19H2,1H3/b10-7-. The Kier molecular flexibility index (Phi) is 4.98. The first-order valence-electron chi connectivity index (χ1n) is 6.29. The first-order valence-corrected chi connectivity index (χ1v) is 7.49. The fourth-order valence-electron chi connectivity index (χ4n) is 1.81. The minimum Gasteiger partial charge on any atom is -0.453 e. The molecule has 0 saturated carbocycles. The second-order valence-corrected chi connectivity index (χ2v) is 5.98. The highest BCUT2D eigenvalue weighted by molar-refractivity contribution is 7.21. The molecule has 5 nitrogen and oxygen atoms in total. The third-order valence-corrected chi connectivity index (χ3v) is 4.53. The Balaban J connectivity index is 2.19. The van der Waals surface area contributed by atoms with Gasteiger partial charge in [-0.1, -0.05) is 11.6 Å². The van der Waals surface area contributed by atoms with Crippen molar-refractivity contribution in [2.75, 3.05) is 6.61 Å². The minimum absolute atomic E-state index is 0.0453. The van der Waals surface area contributed by atoms with E-state index in [1.807, 2.05) is 0 Å². The lowest BCUT2D eigenvalue weighted by Crippen LogP contribution is -2.17. The van der Waals surface area contributed by atoms with Gasteiger partial charge < -0.3 is 10.5 Å². The second kappa shape index (κ2) is 6.77. The Hall–Kier alpha value is -2.43. The molecule has 2 aromatic rings. The summed E-state index contributed by atoms with van der Waals surface area (Å²) >= 11 is 7.04. The second-order valence-electron chi connectivity index (χ2n) is 4.55. The summed E-state index contributed by atoms with van der Waals surface area (Å²) in [6.45, 7) is 0.769. The van der Waals surface area contributed by atoms with E-state index in [1.54, 1.807) is 6.07 Å². The first kappa shape index (κ1) is 16.9. The maximum Gasteiger partial charge on any atom is 0.350 e. The third kappa shape index (κ3) is 3.50. The van der Waals surface area contributed by atoms with E-state index in [4.69, 9.17) is 27.3 Å². The molecule has 2 rings (SSSR count). The predicted molar refractivity (Wildman–Crippen MR) is 84.6 cm³/mol. The zero-order valence-electron chi connectivity index (χ0n) is 11.9. The number of halogens is 2. The smallest absolute Gasteiger partial charge is 0.350 e. The Morgan fingerprint density at radius 2 is 2.17 bits per heavy atom. The lowest BCUT2D eigenvalue weighted by molar-refractivity contribution is -0.118. The summed E-state index contributed by atoms with van der Waals surface area (Å²) in [5.41, 5.74) is 5.18. The number of nitrogens with zero attached hydrogens (tertiary/aromatic N) is 1. The zero-order valence-corrected chi connectivity index (χ0v) is 13.4. The van der Waals surface area contributed by atoms with Crippen LogP contribution in [0.3, 0.4) is 0 Å². The van der Waals surface area contributed by atoms with Gasteiger partial charge in [0.2, 0.25) is 5.78 Å². The molecule has 0 aliphatic heterocycles. The number of thiophene rings is 1. The average Bonchev–Trinajstić information content (AvgIpc) is 2.81. The van der Waals surface area contributed by atoms with Crippen LogP contribution in [0.1, 0.15) is 16.6 Å². The molecule has 0 atom stereocenters. The number of carbonyl (C=O) groups is 2. The number of ether oxygens (including phenoxy) is 1. The van der Waals surface area contributed by atoms with Gasteiger partial charge in [0.25, 0.3) is 0 Å². The van der Waals surface area contributed by atoms with Crippen molar-refractivity contribution in [2.45, 2.75) is 6.92 Å². The van der Waals surface area contributed by atoms with E-state index in [1.165, 1.54) is 25.1 Å². The third-order valence-electron chi connectivity index (χ3n) is 2.90. The number of rotatable bonds is 4. The monoisotopic (exact) mass is 352 g/mol. The number of hydrogen-bond donors (Lipinski definition) is 1. The number of carbonyl (C=O) groups excluding carboxylic acids is 2. The van der Waals surface area contributed by atoms with Crippen LogP contribution in [0.5, 0.6) is 0 Å². The molecule has 0 unspecified atom stereocenters. The van der Waals surface area contributed by atoms with E-state index in [0.29, 0.717) is 10.1 Å². The van der Waals surface area contributed by atoms with E-state index in [-0.39, 0.29) is 21.2 Å². The van der Waals surface area contributed by atoms with E-state index < -0.39 is 24.2 Å². The normalized spacial score (nSPS) is 11.7. The molecule has 2 N–H and O–H groups in total. The van der Waals surface area contributed by atoms with Crippen LogP contribution in [-0.2, 0) is 9.53 Å². The van der Waals surface area contributed by atoms with Gasteiger partial charge in [0.15, 0.2) is 6.61 Å². The van der Waals surface area contributed by atoms with Gasteiger partial charge in [0.05, 0.1) is 5.02 Å². The van der Waals surface area contributed by atoms with Crippen molar-refractivity contribution in [3.63, 3.8) is 0 Å². The van der Waals surface area contributed by atoms with Crippen molar-refractivity contribution in [1.29, 1.82) is 5.26 Å². The maximum atomic E-state index is 13.2. The molecule has 1 aromatic carbocycles. The van der Waals surface area contributed by atoms with E-state index in [9.17, 15) is 14.0 Å². The van der Waals surface area contributed by atoms with Gasteiger partial charge >= 0.3 is 5.97 Å². The highest BCUT2D eigenvalue weighted by atomic mass is 35.5. The van der Waals surface area contributed by atoms with Crippen LogP contribution in [0.25, 0.3) is 10.1 Å². The lowest BCUT2D eigenvalue weighted by Gasteiger charge is -2.03. The van der Waals surface area contributed by atoms with Crippen molar-refractivity contribution in [3.8, 4) is 6.07 Å². The summed E-state index contributed by atoms with van der Waals surface area (Å²) in [5, 5.41) is 9.46. The quantitative estimate of drug-likeness (QED) is 0.518. The van der Waals surface area contributed by atoms with E-state index in [2.05, 4.69) is 0 Å². The molecule has 1 heterocycles. The Bertz CT molecular complexity index is 879. The topological polar surface area (TPSA) is 93.2 Å². The molecule has 118 valence electrons. The van der Waals surface area contributed by atoms with Crippen molar-refractivity contribution in [1.82, 2.24) is 0 Å². The Morgan fingerprint density at radius 3 is 2.78 bits per heavy atom. The molecule has 23 heavy (non-hydrogen) atoms. The number of allylic oxidation sites excluding steroid dienone is 1.